The van der Waals surface area contributed by atoms with E-state index in [1.807, 2.05) is 35.9 Å². The van der Waals surface area contributed by atoms with Crippen molar-refractivity contribution in [2.45, 2.75) is 25.7 Å². The quantitative estimate of drug-likeness (QED) is 0.403. The Morgan fingerprint density at radius 3 is 2.26 bits per heavy atom. The van der Waals surface area contributed by atoms with Gasteiger partial charge >= 0.3 is 0 Å². The Balaban J connectivity index is 1.41. The number of hydrogen-bond acceptors (Lipinski definition) is 4. The Hall–Kier alpha value is -2.80. The molecule has 0 aliphatic carbocycles. The van der Waals surface area contributed by atoms with Crippen LogP contribution in [0.2, 0.25) is 0 Å². The van der Waals surface area contributed by atoms with Crippen LogP contribution in [0.5, 0.6) is 0 Å². The molecule has 0 bridgehead atoms. The standard InChI is InChI=1S/C20H20N4O2S/c1-23-16(21-22-20(23)27)11-3-2-4-12-24-18(25)14-9-5-7-13-8-6-10-15(17(13)14)19(24)26/h5-10H,2-4,11-12H2,1H3,(H,22,27). The van der Waals surface area contributed by atoms with Crippen molar-refractivity contribution in [3.8, 4) is 0 Å². The van der Waals surface area contributed by atoms with Crippen LogP contribution in [0.1, 0.15) is 45.8 Å². The summed E-state index contributed by atoms with van der Waals surface area (Å²) in [4.78, 5) is 27.0. The summed E-state index contributed by atoms with van der Waals surface area (Å²) in [6, 6.07) is 11.2. The number of H-pyrrole nitrogens is 1. The normalized spacial score (nSPS) is 13.6. The minimum Gasteiger partial charge on any atom is -0.307 e. The summed E-state index contributed by atoms with van der Waals surface area (Å²) in [5, 5.41) is 8.68. The van der Waals surface area contributed by atoms with E-state index in [4.69, 9.17) is 12.2 Å². The predicted octanol–water partition coefficient (Wildman–Crippen LogP) is 3.64. The van der Waals surface area contributed by atoms with Gasteiger partial charge in [0.05, 0.1) is 0 Å². The van der Waals surface area contributed by atoms with E-state index in [2.05, 4.69) is 10.2 Å². The lowest BCUT2D eigenvalue weighted by molar-refractivity contribution is 0.0608. The Morgan fingerprint density at radius 2 is 1.67 bits per heavy atom. The molecule has 1 aromatic heterocycles. The zero-order chi connectivity index (χ0) is 19.0. The fourth-order valence-electron chi connectivity index (χ4n) is 3.62. The van der Waals surface area contributed by atoms with E-state index < -0.39 is 0 Å². The summed E-state index contributed by atoms with van der Waals surface area (Å²) >= 11 is 5.11. The van der Waals surface area contributed by atoms with E-state index in [9.17, 15) is 9.59 Å². The second kappa shape index (κ2) is 7.08. The largest absolute Gasteiger partial charge is 0.307 e. The van der Waals surface area contributed by atoms with E-state index in [0.29, 0.717) is 22.4 Å². The number of unbranched alkanes of at least 4 members (excludes halogenated alkanes) is 2. The van der Waals surface area contributed by atoms with Crippen molar-refractivity contribution in [3.63, 3.8) is 0 Å². The molecule has 3 aromatic rings. The van der Waals surface area contributed by atoms with Crippen molar-refractivity contribution in [1.82, 2.24) is 19.7 Å². The van der Waals surface area contributed by atoms with Gasteiger partial charge < -0.3 is 4.57 Å². The van der Waals surface area contributed by atoms with Crippen molar-refractivity contribution in [2.75, 3.05) is 6.54 Å². The first-order chi connectivity index (χ1) is 13.1. The van der Waals surface area contributed by atoms with Crippen LogP contribution in [0.25, 0.3) is 10.8 Å². The summed E-state index contributed by atoms with van der Waals surface area (Å²) in [6.45, 7) is 0.432. The highest BCUT2D eigenvalue weighted by Crippen LogP contribution is 2.30. The van der Waals surface area contributed by atoms with Crippen LogP contribution in [0, 0.1) is 4.77 Å². The van der Waals surface area contributed by atoms with Crippen molar-refractivity contribution in [3.05, 3.63) is 58.1 Å². The molecule has 0 unspecified atom stereocenters. The van der Waals surface area contributed by atoms with Gasteiger partial charge in [0.1, 0.15) is 5.82 Å². The average molecular weight is 380 g/mol. The second-order valence-electron chi connectivity index (χ2n) is 6.79. The molecule has 4 rings (SSSR count). The average Bonchev–Trinajstić information content (AvgIpc) is 3.00. The zero-order valence-corrected chi connectivity index (χ0v) is 15.9. The lowest BCUT2D eigenvalue weighted by Gasteiger charge is -2.27. The molecule has 2 heterocycles. The summed E-state index contributed by atoms with van der Waals surface area (Å²) in [6.07, 6.45) is 3.41. The highest BCUT2D eigenvalue weighted by Gasteiger charge is 2.31. The maximum absolute atomic E-state index is 12.8. The first-order valence-corrected chi connectivity index (χ1v) is 9.47. The summed E-state index contributed by atoms with van der Waals surface area (Å²) in [5.74, 6) is 0.531. The van der Waals surface area contributed by atoms with Crippen LogP contribution in [0.15, 0.2) is 36.4 Å². The zero-order valence-electron chi connectivity index (χ0n) is 15.1. The molecule has 27 heavy (non-hydrogen) atoms. The number of hydrogen-bond donors (Lipinski definition) is 1. The van der Waals surface area contributed by atoms with Gasteiger partial charge in [-0.05, 0) is 42.6 Å². The molecule has 0 spiro atoms. The van der Waals surface area contributed by atoms with Gasteiger partial charge in [-0.25, -0.2) is 0 Å². The topological polar surface area (TPSA) is 71.0 Å². The maximum Gasteiger partial charge on any atom is 0.261 e. The third kappa shape index (κ3) is 3.08. The van der Waals surface area contributed by atoms with Crippen molar-refractivity contribution >= 4 is 34.8 Å². The molecule has 138 valence electrons. The van der Waals surface area contributed by atoms with Crippen LogP contribution in [0.3, 0.4) is 0 Å². The van der Waals surface area contributed by atoms with Crippen LogP contribution in [-0.2, 0) is 13.5 Å². The fraction of sp³-hybridized carbons (Fsp3) is 0.300. The molecular weight excluding hydrogens is 360 g/mol. The number of benzene rings is 2. The summed E-state index contributed by atoms with van der Waals surface area (Å²) in [7, 11) is 1.89. The Bertz CT molecular complexity index is 1050. The van der Waals surface area contributed by atoms with Crippen molar-refractivity contribution in [1.29, 1.82) is 0 Å². The van der Waals surface area contributed by atoms with E-state index in [-0.39, 0.29) is 11.8 Å². The molecule has 2 amide bonds. The maximum atomic E-state index is 12.8. The highest BCUT2D eigenvalue weighted by molar-refractivity contribution is 7.71. The SMILES string of the molecule is Cn1c(CCCCCN2C(=O)c3cccc4cccc(c34)C2=O)n[nH]c1=S. The first kappa shape index (κ1) is 17.6. The van der Waals surface area contributed by atoms with Crippen LogP contribution in [0.4, 0.5) is 0 Å². The molecule has 1 aliphatic rings. The molecule has 1 aliphatic heterocycles. The molecule has 1 N–H and O–H groups in total. The number of nitrogens with one attached hydrogen (secondary N) is 1. The number of rotatable bonds is 6. The molecule has 0 saturated carbocycles. The number of carbonyl (C=O) groups excluding carboxylic acids is 2. The third-order valence-electron chi connectivity index (χ3n) is 5.11. The van der Waals surface area contributed by atoms with Gasteiger partial charge in [0.2, 0.25) is 0 Å². The number of aryl methyl sites for hydroxylation is 1. The Kier molecular flexibility index (Phi) is 4.61. The minimum absolute atomic E-state index is 0.196. The minimum atomic E-state index is -0.196. The van der Waals surface area contributed by atoms with Gasteiger partial charge in [-0.1, -0.05) is 30.7 Å². The first-order valence-electron chi connectivity index (χ1n) is 9.06. The molecule has 2 aromatic carbocycles. The molecule has 6 nitrogen and oxygen atoms in total. The Labute approximate surface area is 161 Å². The van der Waals surface area contributed by atoms with Gasteiger partial charge in [-0.3, -0.25) is 19.6 Å². The number of aromatic amines is 1. The molecule has 0 fully saturated rings. The van der Waals surface area contributed by atoms with Crippen LogP contribution < -0.4 is 0 Å². The molecular formula is C20H20N4O2S. The van der Waals surface area contributed by atoms with E-state index in [0.717, 1.165) is 42.3 Å². The summed E-state index contributed by atoms with van der Waals surface area (Å²) < 4.78 is 2.48. The summed E-state index contributed by atoms with van der Waals surface area (Å²) in [5.41, 5.74) is 1.23. The van der Waals surface area contributed by atoms with Crippen LogP contribution >= 0.6 is 12.2 Å². The van der Waals surface area contributed by atoms with Crippen molar-refractivity contribution in [2.24, 2.45) is 7.05 Å². The fourth-order valence-corrected chi connectivity index (χ4v) is 3.77. The van der Waals surface area contributed by atoms with Gasteiger partial charge in [-0.2, -0.15) is 5.10 Å². The number of imide groups is 1. The smallest absolute Gasteiger partial charge is 0.261 e. The van der Waals surface area contributed by atoms with E-state index in [1.54, 1.807) is 12.1 Å². The Morgan fingerprint density at radius 1 is 1.00 bits per heavy atom. The number of carbonyl (C=O) groups is 2. The molecule has 7 heteroatoms. The molecule has 0 radical (unpaired) electrons. The van der Waals surface area contributed by atoms with E-state index >= 15 is 0 Å². The third-order valence-corrected chi connectivity index (χ3v) is 5.48. The van der Waals surface area contributed by atoms with Gasteiger partial charge in [0.25, 0.3) is 11.8 Å². The number of amides is 2. The lowest BCUT2D eigenvalue weighted by Crippen LogP contribution is -2.40. The highest BCUT2D eigenvalue weighted by atomic mass is 32.1. The second-order valence-corrected chi connectivity index (χ2v) is 7.17. The molecule has 0 atom stereocenters. The van der Waals surface area contributed by atoms with Gasteiger partial charge in [-0.15, -0.1) is 0 Å². The lowest BCUT2D eigenvalue weighted by atomic mass is 9.94. The van der Waals surface area contributed by atoms with Crippen molar-refractivity contribution < 1.29 is 9.59 Å². The number of aromatic nitrogens is 3. The van der Waals surface area contributed by atoms with Crippen LogP contribution in [-0.4, -0.2) is 38.0 Å². The van der Waals surface area contributed by atoms with Gasteiger partial charge in [0.15, 0.2) is 4.77 Å². The predicted molar refractivity (Wildman–Crippen MR) is 105 cm³/mol. The van der Waals surface area contributed by atoms with Gasteiger partial charge in [0, 0.05) is 36.5 Å². The number of nitrogens with zero attached hydrogens (tertiary/aromatic N) is 3. The van der Waals surface area contributed by atoms with E-state index in [1.165, 1.54) is 4.90 Å². The molecule has 0 saturated heterocycles. The monoisotopic (exact) mass is 380 g/mol.